The molecule has 34 heavy (non-hydrogen) atoms. The summed E-state index contributed by atoms with van der Waals surface area (Å²) in [4.78, 5) is 51.9. The largest absolute Gasteiger partial charge is 0.457 e. The molecule has 0 radical (unpaired) electrons. The molecule has 1 aliphatic heterocycles. The van der Waals surface area contributed by atoms with Gasteiger partial charge in [-0.3, -0.25) is 24.1 Å². The molecule has 3 fully saturated rings. The average Bonchev–Trinajstić information content (AvgIpc) is 3.66. The second-order valence-corrected chi connectivity index (χ2v) is 9.76. The number of ether oxygens (including phenoxy) is 1. The first-order valence-corrected chi connectivity index (χ1v) is 11.9. The van der Waals surface area contributed by atoms with E-state index in [1.807, 2.05) is 42.5 Å². The van der Waals surface area contributed by atoms with E-state index in [-0.39, 0.29) is 60.8 Å². The fourth-order valence-electron chi connectivity index (χ4n) is 6.22. The normalized spacial score (nSPS) is 30.2. The summed E-state index contributed by atoms with van der Waals surface area (Å²) < 4.78 is 5.15. The van der Waals surface area contributed by atoms with Gasteiger partial charge in [-0.1, -0.05) is 66.7 Å². The van der Waals surface area contributed by atoms with Crippen LogP contribution in [0.25, 0.3) is 11.1 Å². The molecule has 172 valence electrons. The molecule has 2 saturated carbocycles. The number of allylic oxidation sites excluding steroid dienone is 2. The second kappa shape index (κ2) is 8.05. The highest BCUT2D eigenvalue weighted by molar-refractivity contribution is 6.06. The summed E-state index contributed by atoms with van der Waals surface area (Å²) in [6.45, 7) is -0.355. The first kappa shape index (κ1) is 21.0. The number of carbonyl (C=O) groups is 4. The summed E-state index contributed by atoms with van der Waals surface area (Å²) in [5, 5.41) is 0. The summed E-state index contributed by atoms with van der Waals surface area (Å²) >= 11 is 0. The lowest BCUT2D eigenvalue weighted by molar-refractivity contribution is -0.145. The van der Waals surface area contributed by atoms with Crippen LogP contribution in [-0.4, -0.2) is 41.6 Å². The molecule has 1 saturated heterocycles. The van der Waals surface area contributed by atoms with Crippen molar-refractivity contribution in [2.24, 2.45) is 35.5 Å². The fraction of sp³-hybridized carbons (Fsp3) is 0.357. The topological polar surface area (TPSA) is 80.8 Å². The Bertz CT molecular complexity index is 1170. The predicted molar refractivity (Wildman–Crippen MR) is 123 cm³/mol. The number of ketones is 1. The number of hydrogen-bond donors (Lipinski definition) is 0. The summed E-state index contributed by atoms with van der Waals surface area (Å²) in [7, 11) is 0. The molecule has 2 amide bonds. The van der Waals surface area contributed by atoms with Gasteiger partial charge in [0.25, 0.3) is 0 Å². The van der Waals surface area contributed by atoms with E-state index in [0.717, 1.165) is 17.5 Å². The quantitative estimate of drug-likeness (QED) is 0.276. The molecular formula is C28H25NO5. The molecule has 6 atom stereocenters. The Morgan fingerprint density at radius 2 is 1.41 bits per heavy atom. The van der Waals surface area contributed by atoms with Crippen LogP contribution in [0.1, 0.15) is 23.2 Å². The zero-order chi connectivity index (χ0) is 23.4. The highest BCUT2D eigenvalue weighted by atomic mass is 16.5. The van der Waals surface area contributed by atoms with Gasteiger partial charge in [-0.2, -0.15) is 0 Å². The number of amides is 2. The molecular weight excluding hydrogens is 430 g/mol. The summed E-state index contributed by atoms with van der Waals surface area (Å²) in [6, 6.07) is 17.0. The van der Waals surface area contributed by atoms with Crippen LogP contribution in [0.3, 0.4) is 0 Å². The van der Waals surface area contributed by atoms with Crippen molar-refractivity contribution < 1.29 is 23.9 Å². The minimum Gasteiger partial charge on any atom is -0.457 e. The van der Waals surface area contributed by atoms with E-state index in [1.54, 1.807) is 12.1 Å². The number of benzene rings is 2. The number of carbonyl (C=O) groups excluding carboxylic acids is 4. The van der Waals surface area contributed by atoms with Crippen molar-refractivity contribution in [2.45, 2.75) is 12.8 Å². The molecule has 2 aromatic carbocycles. The van der Waals surface area contributed by atoms with Gasteiger partial charge in [-0.05, 0) is 41.2 Å². The maximum Gasteiger partial charge on any atom is 0.308 e. The van der Waals surface area contributed by atoms with E-state index < -0.39 is 5.97 Å². The predicted octanol–water partition coefficient (Wildman–Crippen LogP) is 3.52. The minimum atomic E-state index is -0.589. The van der Waals surface area contributed by atoms with E-state index >= 15 is 0 Å². The number of nitrogens with zero attached hydrogens (tertiary/aromatic N) is 1. The molecule has 0 spiro atoms. The van der Waals surface area contributed by atoms with Crippen LogP contribution < -0.4 is 0 Å². The molecule has 7 rings (SSSR count). The van der Waals surface area contributed by atoms with Gasteiger partial charge in [0, 0.05) is 12.1 Å². The van der Waals surface area contributed by atoms with Crippen LogP contribution in [0, 0.1) is 35.5 Å². The van der Waals surface area contributed by atoms with Crippen molar-refractivity contribution >= 4 is 23.6 Å². The molecule has 0 N–H and O–H groups in total. The first-order chi connectivity index (χ1) is 16.5. The summed E-state index contributed by atoms with van der Waals surface area (Å²) in [5.41, 5.74) is 2.51. The van der Waals surface area contributed by atoms with E-state index in [9.17, 15) is 19.2 Å². The highest BCUT2D eigenvalue weighted by Crippen LogP contribution is 2.65. The SMILES string of the molecule is O=C(CCN1C(=O)[C@@H]2[C@H]3C=C[C@@H]([C@@H]4C[C@H]34)[C@@H]2C1=O)OCC(=O)c1ccc(-c2ccccc2)cc1. The van der Waals surface area contributed by atoms with Crippen molar-refractivity contribution in [3.05, 3.63) is 72.3 Å². The maximum absolute atomic E-state index is 13.0. The highest BCUT2D eigenvalue weighted by Gasteiger charge is 2.66. The van der Waals surface area contributed by atoms with Gasteiger partial charge in [-0.25, -0.2) is 0 Å². The molecule has 0 aromatic heterocycles. The number of hydrogen-bond acceptors (Lipinski definition) is 5. The lowest BCUT2D eigenvalue weighted by Crippen LogP contribution is -2.40. The molecule has 1 heterocycles. The Labute approximate surface area is 197 Å². The van der Waals surface area contributed by atoms with Gasteiger partial charge in [0.05, 0.1) is 18.3 Å². The molecule has 6 heteroatoms. The van der Waals surface area contributed by atoms with Crippen LogP contribution in [0.15, 0.2) is 66.7 Å². The summed E-state index contributed by atoms with van der Waals surface area (Å²) in [6.07, 6.45) is 5.26. The monoisotopic (exact) mass is 455 g/mol. The first-order valence-electron chi connectivity index (χ1n) is 11.9. The molecule has 0 unspecified atom stereocenters. The third-order valence-corrected chi connectivity index (χ3v) is 7.97. The lowest BCUT2D eigenvalue weighted by Gasteiger charge is -2.37. The van der Waals surface area contributed by atoms with E-state index in [2.05, 4.69) is 12.2 Å². The minimum absolute atomic E-state index is 0.0121. The average molecular weight is 456 g/mol. The van der Waals surface area contributed by atoms with E-state index in [0.29, 0.717) is 17.4 Å². The molecule has 4 aliphatic carbocycles. The van der Waals surface area contributed by atoms with Crippen LogP contribution in [0.5, 0.6) is 0 Å². The zero-order valence-corrected chi connectivity index (χ0v) is 18.6. The van der Waals surface area contributed by atoms with Crippen LogP contribution in [0.4, 0.5) is 0 Å². The molecule has 2 aromatic rings. The van der Waals surface area contributed by atoms with Crippen molar-refractivity contribution in [3.8, 4) is 11.1 Å². The molecule has 6 nitrogen and oxygen atoms in total. The van der Waals surface area contributed by atoms with E-state index in [4.69, 9.17) is 4.74 Å². The van der Waals surface area contributed by atoms with Gasteiger partial charge in [-0.15, -0.1) is 0 Å². The molecule has 5 aliphatic rings. The molecule has 2 bridgehead atoms. The maximum atomic E-state index is 13.0. The summed E-state index contributed by atoms with van der Waals surface area (Å²) in [5.74, 6) is -0.285. The number of esters is 1. The van der Waals surface area contributed by atoms with Crippen LogP contribution >= 0.6 is 0 Å². The Balaban J connectivity index is 1.01. The number of likely N-dealkylation sites (tertiary alicyclic amines) is 1. The second-order valence-electron chi connectivity index (χ2n) is 9.76. The van der Waals surface area contributed by atoms with E-state index in [1.165, 1.54) is 4.90 Å². The van der Waals surface area contributed by atoms with Crippen molar-refractivity contribution in [1.82, 2.24) is 4.90 Å². The lowest BCUT2D eigenvalue weighted by atomic mass is 9.63. The van der Waals surface area contributed by atoms with Crippen LogP contribution in [0.2, 0.25) is 0 Å². The number of Topliss-reactive ketones (excluding diaryl/α,β-unsaturated/α-hetero) is 1. The Morgan fingerprint density at radius 3 is 2.03 bits per heavy atom. The van der Waals surface area contributed by atoms with Gasteiger partial charge in [0.2, 0.25) is 11.8 Å². The van der Waals surface area contributed by atoms with Gasteiger partial charge in [0.15, 0.2) is 12.4 Å². The third kappa shape index (κ3) is 3.40. The van der Waals surface area contributed by atoms with Crippen molar-refractivity contribution in [3.63, 3.8) is 0 Å². The van der Waals surface area contributed by atoms with Crippen LogP contribution in [-0.2, 0) is 19.1 Å². The smallest absolute Gasteiger partial charge is 0.308 e. The van der Waals surface area contributed by atoms with Gasteiger partial charge >= 0.3 is 5.97 Å². The fourth-order valence-corrected chi connectivity index (χ4v) is 6.22. The zero-order valence-electron chi connectivity index (χ0n) is 18.6. The third-order valence-electron chi connectivity index (χ3n) is 7.97. The van der Waals surface area contributed by atoms with Gasteiger partial charge < -0.3 is 4.74 Å². The number of imide groups is 1. The Morgan fingerprint density at radius 1 is 0.824 bits per heavy atom. The standard InChI is InChI=1S/C28H25NO5/c30-23(18-8-6-17(7-9-18)16-4-2-1-3-5-16)15-34-24(31)12-13-29-27(32)25-19-10-11-20(22-14-21(19)22)26(25)28(29)33/h1-11,19-22,25-26H,12-15H2/t19-,20-,21-,22+,25-,26+/m0/s1. The Kier molecular flexibility index (Phi) is 4.97. The Hall–Kier alpha value is -3.54. The van der Waals surface area contributed by atoms with Crippen molar-refractivity contribution in [1.29, 1.82) is 0 Å². The van der Waals surface area contributed by atoms with Gasteiger partial charge in [0.1, 0.15) is 0 Å². The number of rotatable bonds is 7. The van der Waals surface area contributed by atoms with Crippen molar-refractivity contribution in [2.75, 3.05) is 13.2 Å².